The maximum Gasteiger partial charge on any atom is 0.259 e. The first-order valence-corrected chi connectivity index (χ1v) is 6.89. The van der Waals surface area contributed by atoms with Gasteiger partial charge in [0.05, 0.1) is 12.7 Å². The molecule has 1 unspecified atom stereocenters. The van der Waals surface area contributed by atoms with Gasteiger partial charge < -0.3 is 20.5 Å². The fraction of sp³-hybridized carbons (Fsp3) is 0.533. The van der Waals surface area contributed by atoms with Crippen LogP contribution in [0.4, 0.5) is 5.69 Å². The van der Waals surface area contributed by atoms with Crippen molar-refractivity contribution in [2.45, 2.75) is 31.8 Å². The minimum Gasteiger partial charge on any atom is -0.496 e. The predicted octanol–water partition coefficient (Wildman–Crippen LogP) is 1.65. The van der Waals surface area contributed by atoms with Crippen LogP contribution < -0.4 is 10.5 Å². The van der Waals surface area contributed by atoms with Crippen LogP contribution in [0.3, 0.4) is 0 Å². The molecule has 1 aromatic carbocycles. The molecule has 20 heavy (non-hydrogen) atoms. The first kappa shape index (κ1) is 14.7. The molecule has 3 N–H and O–H groups in total. The second-order valence-corrected chi connectivity index (χ2v) is 5.57. The van der Waals surface area contributed by atoms with Crippen LogP contribution in [0.25, 0.3) is 0 Å². The van der Waals surface area contributed by atoms with Crippen molar-refractivity contribution >= 4 is 11.6 Å². The monoisotopic (exact) mass is 278 g/mol. The number of aliphatic hydroxyl groups is 1. The van der Waals surface area contributed by atoms with Crippen molar-refractivity contribution in [2.75, 3.05) is 25.9 Å². The lowest BCUT2D eigenvalue weighted by Gasteiger charge is -2.23. The van der Waals surface area contributed by atoms with Gasteiger partial charge in [-0.15, -0.1) is 0 Å². The van der Waals surface area contributed by atoms with E-state index in [0.717, 1.165) is 6.42 Å². The smallest absolute Gasteiger partial charge is 0.259 e. The van der Waals surface area contributed by atoms with Crippen LogP contribution in [-0.2, 0) is 0 Å². The molecule has 1 aliphatic rings. The summed E-state index contributed by atoms with van der Waals surface area (Å²) in [4.78, 5) is 14.4. The molecule has 1 amide bonds. The molecule has 110 valence electrons. The summed E-state index contributed by atoms with van der Waals surface area (Å²) in [7, 11) is 1.53. The van der Waals surface area contributed by atoms with E-state index in [9.17, 15) is 9.90 Å². The van der Waals surface area contributed by atoms with Crippen LogP contribution in [0.5, 0.6) is 5.75 Å². The lowest BCUT2D eigenvalue weighted by atomic mass is 9.98. The van der Waals surface area contributed by atoms with Gasteiger partial charge in [-0.25, -0.2) is 0 Å². The molecule has 0 bridgehead atoms. The number of nitrogen functional groups attached to an aromatic ring is 1. The molecule has 0 saturated carbocycles. The van der Waals surface area contributed by atoms with Crippen LogP contribution in [0, 0.1) is 0 Å². The quantitative estimate of drug-likeness (QED) is 0.807. The summed E-state index contributed by atoms with van der Waals surface area (Å²) in [5.41, 5.74) is 6.06. The van der Waals surface area contributed by atoms with Gasteiger partial charge in [-0.3, -0.25) is 4.79 Å². The van der Waals surface area contributed by atoms with Gasteiger partial charge in [0.1, 0.15) is 11.3 Å². The number of ether oxygens (including phenoxy) is 1. The van der Waals surface area contributed by atoms with E-state index in [-0.39, 0.29) is 5.91 Å². The van der Waals surface area contributed by atoms with E-state index in [1.165, 1.54) is 7.11 Å². The van der Waals surface area contributed by atoms with E-state index in [1.807, 2.05) is 6.92 Å². The molecule has 0 aliphatic carbocycles. The Morgan fingerprint density at radius 1 is 1.40 bits per heavy atom. The van der Waals surface area contributed by atoms with Crippen LogP contribution in [0.15, 0.2) is 18.2 Å². The molecule has 0 spiro atoms. The molecule has 1 aliphatic heterocycles. The number of amides is 1. The van der Waals surface area contributed by atoms with E-state index in [1.54, 1.807) is 23.1 Å². The van der Waals surface area contributed by atoms with E-state index >= 15 is 0 Å². The van der Waals surface area contributed by atoms with Crippen LogP contribution >= 0.6 is 0 Å². The Morgan fingerprint density at radius 3 is 2.85 bits per heavy atom. The number of carbonyl (C=O) groups excluding carboxylic acids is 1. The molecule has 0 aromatic heterocycles. The van der Waals surface area contributed by atoms with E-state index in [2.05, 4.69) is 0 Å². The van der Waals surface area contributed by atoms with Crippen LogP contribution in [0.2, 0.25) is 0 Å². The van der Waals surface area contributed by atoms with Gasteiger partial charge in [-0.05, 0) is 38.3 Å². The molecule has 1 atom stereocenters. The summed E-state index contributed by atoms with van der Waals surface area (Å²) in [6.07, 6.45) is 2.07. The van der Waals surface area contributed by atoms with Crippen molar-refractivity contribution in [1.82, 2.24) is 4.90 Å². The Hall–Kier alpha value is -1.75. The lowest BCUT2D eigenvalue weighted by molar-refractivity contribution is 0.0438. The number of methoxy groups -OCH3 is 1. The first-order chi connectivity index (χ1) is 9.44. The number of anilines is 1. The maximum absolute atomic E-state index is 12.6. The molecule has 5 heteroatoms. The average Bonchev–Trinajstić information content (AvgIpc) is 2.58. The highest BCUT2D eigenvalue weighted by Gasteiger charge is 2.29. The Balaban J connectivity index is 2.23. The zero-order valence-electron chi connectivity index (χ0n) is 12.1. The van der Waals surface area contributed by atoms with Crippen molar-refractivity contribution in [3.63, 3.8) is 0 Å². The van der Waals surface area contributed by atoms with Gasteiger partial charge in [0.15, 0.2) is 0 Å². The Morgan fingerprint density at radius 2 is 2.15 bits per heavy atom. The Labute approximate surface area is 119 Å². The summed E-state index contributed by atoms with van der Waals surface area (Å²) in [5.74, 6) is 0.364. The molecule has 1 saturated heterocycles. The van der Waals surface area contributed by atoms with Crippen LogP contribution in [0.1, 0.15) is 36.5 Å². The van der Waals surface area contributed by atoms with Gasteiger partial charge in [-0.2, -0.15) is 0 Å². The number of nitrogens with two attached hydrogens (primary N) is 1. The molecule has 0 radical (unpaired) electrons. The topological polar surface area (TPSA) is 75.8 Å². The second kappa shape index (κ2) is 5.71. The van der Waals surface area contributed by atoms with Crippen molar-refractivity contribution in [2.24, 2.45) is 0 Å². The summed E-state index contributed by atoms with van der Waals surface area (Å²) < 4.78 is 5.23. The number of likely N-dealkylation sites (tertiary alicyclic amines) is 1. The highest BCUT2D eigenvalue weighted by atomic mass is 16.5. The minimum absolute atomic E-state index is 0.127. The van der Waals surface area contributed by atoms with Crippen molar-refractivity contribution in [1.29, 1.82) is 0 Å². The van der Waals surface area contributed by atoms with E-state index in [4.69, 9.17) is 10.5 Å². The van der Waals surface area contributed by atoms with Crippen molar-refractivity contribution in [3.8, 4) is 5.75 Å². The molecular formula is C15H22N2O3. The Kier molecular flexibility index (Phi) is 4.18. The number of benzene rings is 1. The number of rotatable bonds is 2. The van der Waals surface area contributed by atoms with Gasteiger partial charge in [-0.1, -0.05) is 6.07 Å². The summed E-state index contributed by atoms with van der Waals surface area (Å²) in [5, 5.41) is 10.1. The number of carbonyl (C=O) groups is 1. The van der Waals surface area contributed by atoms with E-state index < -0.39 is 5.60 Å². The molecule has 1 aromatic rings. The zero-order valence-corrected chi connectivity index (χ0v) is 12.1. The number of hydrogen-bond acceptors (Lipinski definition) is 4. The standard InChI is InChI=1S/C15H22N2O3/c1-15(19)7-4-9-17(10-8-15)14(18)13-11(16)5-3-6-12(13)20-2/h3,5-6,19H,4,7-10,16H2,1-2H3. The normalized spacial score (nSPS) is 23.2. The summed E-state index contributed by atoms with van der Waals surface area (Å²) in [6.45, 7) is 2.98. The molecule has 1 heterocycles. The average molecular weight is 278 g/mol. The SMILES string of the molecule is COc1cccc(N)c1C(=O)N1CCCC(C)(O)CC1. The molecule has 2 rings (SSSR count). The van der Waals surface area contributed by atoms with Crippen molar-refractivity contribution < 1.29 is 14.6 Å². The third-order valence-electron chi connectivity index (χ3n) is 3.84. The van der Waals surface area contributed by atoms with Gasteiger partial charge in [0, 0.05) is 18.8 Å². The Bertz CT molecular complexity index is 500. The fourth-order valence-electron chi connectivity index (χ4n) is 2.57. The first-order valence-electron chi connectivity index (χ1n) is 6.89. The minimum atomic E-state index is -0.693. The summed E-state index contributed by atoms with van der Waals surface area (Å²) >= 11 is 0. The largest absolute Gasteiger partial charge is 0.496 e. The van der Waals surface area contributed by atoms with Crippen molar-refractivity contribution in [3.05, 3.63) is 23.8 Å². The maximum atomic E-state index is 12.6. The summed E-state index contributed by atoms with van der Waals surface area (Å²) in [6, 6.07) is 5.19. The highest BCUT2D eigenvalue weighted by Crippen LogP contribution is 2.28. The van der Waals surface area contributed by atoms with Gasteiger partial charge >= 0.3 is 0 Å². The molecular weight excluding hydrogens is 256 g/mol. The van der Waals surface area contributed by atoms with Crippen LogP contribution in [-0.4, -0.2) is 41.7 Å². The zero-order chi connectivity index (χ0) is 14.8. The van der Waals surface area contributed by atoms with Gasteiger partial charge in [0.2, 0.25) is 0 Å². The van der Waals surface area contributed by atoms with E-state index in [0.29, 0.717) is 42.9 Å². The number of hydrogen-bond donors (Lipinski definition) is 2. The predicted molar refractivity (Wildman–Crippen MR) is 77.8 cm³/mol. The lowest BCUT2D eigenvalue weighted by Crippen LogP contribution is -2.34. The second-order valence-electron chi connectivity index (χ2n) is 5.57. The third-order valence-corrected chi connectivity index (χ3v) is 3.84. The fourth-order valence-corrected chi connectivity index (χ4v) is 2.57. The highest BCUT2D eigenvalue weighted by molar-refractivity contribution is 6.01. The molecule has 1 fully saturated rings. The number of nitrogens with zero attached hydrogens (tertiary/aromatic N) is 1. The molecule has 5 nitrogen and oxygen atoms in total. The third kappa shape index (κ3) is 3.04. The van der Waals surface area contributed by atoms with Gasteiger partial charge in [0.25, 0.3) is 5.91 Å².